The van der Waals surface area contributed by atoms with E-state index < -0.39 is 22.7 Å². The topological polar surface area (TPSA) is 75.4 Å². The van der Waals surface area contributed by atoms with Crippen LogP contribution < -0.4 is 11.3 Å². The second-order valence-corrected chi connectivity index (χ2v) is 5.59. The molecule has 1 rings (SSSR count). The van der Waals surface area contributed by atoms with E-state index in [1.807, 2.05) is 0 Å². The minimum atomic E-state index is -4.60. The van der Waals surface area contributed by atoms with Crippen LogP contribution in [0.3, 0.4) is 0 Å². The molecule has 9 heteroatoms. The Bertz CT molecular complexity index is 531. The Morgan fingerprint density at radius 2 is 1.89 bits per heavy atom. The van der Waals surface area contributed by atoms with Gasteiger partial charge in [0.1, 0.15) is 11.4 Å². The molecule has 0 spiro atoms. The van der Waals surface area contributed by atoms with Gasteiger partial charge in [-0.1, -0.05) is 19.1 Å². The number of benzene rings is 1. The van der Waals surface area contributed by atoms with Gasteiger partial charge in [-0.2, -0.15) is 17.5 Å². The molecule has 0 saturated carbocycles. The standard InChI is InChI=1S/C10H14F3N3O2S/c1-2-16(7-10(11,12)13)19(17,18)9-6-4-3-5-8(9)15-14/h3-6,15H,2,7,14H2,1H3. The number of hydrazine groups is 1. The highest BCUT2D eigenvalue weighted by Crippen LogP contribution is 2.26. The number of nitrogens with one attached hydrogen (secondary N) is 1. The van der Waals surface area contributed by atoms with Crippen LogP contribution in [-0.2, 0) is 10.0 Å². The van der Waals surface area contributed by atoms with Gasteiger partial charge >= 0.3 is 6.18 Å². The number of halogens is 3. The van der Waals surface area contributed by atoms with E-state index in [4.69, 9.17) is 5.84 Å². The summed E-state index contributed by atoms with van der Waals surface area (Å²) in [5, 5.41) is 0. The van der Waals surface area contributed by atoms with Gasteiger partial charge in [0.2, 0.25) is 10.0 Å². The predicted molar refractivity (Wildman–Crippen MR) is 64.7 cm³/mol. The summed E-state index contributed by atoms with van der Waals surface area (Å²) >= 11 is 0. The molecule has 0 bridgehead atoms. The summed E-state index contributed by atoms with van der Waals surface area (Å²) in [5.41, 5.74) is 2.20. The molecule has 0 amide bonds. The van der Waals surface area contributed by atoms with Gasteiger partial charge in [0, 0.05) is 6.54 Å². The predicted octanol–water partition coefficient (Wildman–Crippen LogP) is 1.55. The zero-order valence-electron chi connectivity index (χ0n) is 10.1. The molecule has 19 heavy (non-hydrogen) atoms. The van der Waals surface area contributed by atoms with Gasteiger partial charge in [-0.25, -0.2) is 8.42 Å². The van der Waals surface area contributed by atoms with E-state index in [-0.39, 0.29) is 17.1 Å². The molecule has 0 aliphatic heterocycles. The van der Waals surface area contributed by atoms with Crippen molar-refractivity contribution in [3.63, 3.8) is 0 Å². The van der Waals surface area contributed by atoms with Gasteiger partial charge in [0.15, 0.2) is 0 Å². The molecule has 0 aromatic heterocycles. The molecule has 0 fully saturated rings. The molecule has 0 aliphatic rings. The van der Waals surface area contributed by atoms with E-state index in [1.54, 1.807) is 0 Å². The van der Waals surface area contributed by atoms with Crippen LogP contribution in [0.5, 0.6) is 0 Å². The minimum absolute atomic E-state index is 0.0446. The molecule has 0 unspecified atom stereocenters. The van der Waals surface area contributed by atoms with Crippen LogP contribution in [0.15, 0.2) is 29.2 Å². The largest absolute Gasteiger partial charge is 0.402 e. The van der Waals surface area contributed by atoms with E-state index in [0.717, 1.165) is 0 Å². The molecule has 3 N–H and O–H groups in total. The Morgan fingerprint density at radius 3 is 2.37 bits per heavy atom. The normalized spacial score (nSPS) is 12.7. The first-order chi connectivity index (χ1) is 8.72. The van der Waals surface area contributed by atoms with Gasteiger partial charge in [-0.3, -0.25) is 5.84 Å². The number of nitrogen functional groups attached to an aromatic ring is 1. The highest BCUT2D eigenvalue weighted by molar-refractivity contribution is 7.89. The Labute approximate surface area is 109 Å². The molecule has 0 saturated heterocycles. The maximum Gasteiger partial charge on any atom is 0.402 e. The average Bonchev–Trinajstić information content (AvgIpc) is 2.34. The lowest BCUT2D eigenvalue weighted by atomic mass is 10.3. The van der Waals surface area contributed by atoms with Crippen molar-refractivity contribution in [3.05, 3.63) is 24.3 Å². The molecule has 0 heterocycles. The number of para-hydroxylation sites is 1. The number of hydrogen-bond acceptors (Lipinski definition) is 4. The van der Waals surface area contributed by atoms with Crippen molar-refractivity contribution in [2.24, 2.45) is 5.84 Å². The fourth-order valence-electron chi connectivity index (χ4n) is 1.52. The maximum atomic E-state index is 12.4. The highest BCUT2D eigenvalue weighted by atomic mass is 32.2. The first-order valence-corrected chi connectivity index (χ1v) is 6.79. The number of nitrogens with two attached hydrogens (primary N) is 1. The smallest absolute Gasteiger partial charge is 0.323 e. The van der Waals surface area contributed by atoms with Crippen LogP contribution >= 0.6 is 0 Å². The molecule has 0 radical (unpaired) electrons. The summed E-state index contributed by atoms with van der Waals surface area (Å²) in [6.45, 7) is -0.493. The number of rotatable bonds is 5. The van der Waals surface area contributed by atoms with Crippen LogP contribution in [0, 0.1) is 0 Å². The van der Waals surface area contributed by atoms with E-state index in [0.29, 0.717) is 4.31 Å². The van der Waals surface area contributed by atoms with Crippen molar-refractivity contribution in [2.75, 3.05) is 18.5 Å². The summed E-state index contributed by atoms with van der Waals surface area (Å²) < 4.78 is 61.8. The van der Waals surface area contributed by atoms with Crippen LogP contribution in [0.2, 0.25) is 0 Å². The van der Waals surface area contributed by atoms with Gasteiger partial charge in [0.05, 0.1) is 5.69 Å². The average molecular weight is 297 g/mol. The van der Waals surface area contributed by atoms with Crippen molar-refractivity contribution >= 4 is 15.7 Å². The van der Waals surface area contributed by atoms with Crippen molar-refractivity contribution in [2.45, 2.75) is 18.0 Å². The molecular weight excluding hydrogens is 283 g/mol. The Morgan fingerprint density at radius 1 is 1.32 bits per heavy atom. The Kier molecular flexibility index (Phi) is 4.77. The summed E-state index contributed by atoms with van der Waals surface area (Å²) in [5.74, 6) is 5.16. The lowest BCUT2D eigenvalue weighted by molar-refractivity contribution is -0.135. The van der Waals surface area contributed by atoms with Crippen LogP contribution in [0.25, 0.3) is 0 Å². The molecular formula is C10H14F3N3O2S. The molecule has 1 aromatic carbocycles. The second-order valence-electron chi connectivity index (χ2n) is 3.69. The van der Waals surface area contributed by atoms with Crippen molar-refractivity contribution < 1.29 is 21.6 Å². The maximum absolute atomic E-state index is 12.4. The molecule has 1 aromatic rings. The zero-order valence-corrected chi connectivity index (χ0v) is 10.9. The number of anilines is 1. The third-order valence-electron chi connectivity index (χ3n) is 2.37. The van der Waals surface area contributed by atoms with Crippen LogP contribution in [0.4, 0.5) is 18.9 Å². The lowest BCUT2D eigenvalue weighted by Gasteiger charge is -2.22. The van der Waals surface area contributed by atoms with E-state index in [9.17, 15) is 21.6 Å². The van der Waals surface area contributed by atoms with Gasteiger partial charge in [-0.05, 0) is 12.1 Å². The first kappa shape index (κ1) is 15.7. The number of nitrogens with zero attached hydrogens (tertiary/aromatic N) is 1. The Hall–Kier alpha value is -1.32. The van der Waals surface area contributed by atoms with E-state index in [2.05, 4.69) is 5.43 Å². The highest BCUT2D eigenvalue weighted by Gasteiger charge is 2.36. The number of hydrogen-bond donors (Lipinski definition) is 2. The van der Waals surface area contributed by atoms with Crippen LogP contribution in [-0.4, -0.2) is 32.0 Å². The van der Waals surface area contributed by atoms with Gasteiger partial charge in [-0.15, -0.1) is 0 Å². The van der Waals surface area contributed by atoms with E-state index in [1.165, 1.54) is 31.2 Å². The fourth-order valence-corrected chi connectivity index (χ4v) is 3.11. The SMILES string of the molecule is CCN(CC(F)(F)F)S(=O)(=O)c1ccccc1NN. The van der Waals surface area contributed by atoms with Gasteiger partial charge in [0.25, 0.3) is 0 Å². The summed E-state index contributed by atoms with van der Waals surface area (Å²) in [6, 6.07) is 5.50. The number of alkyl halides is 3. The molecule has 0 aliphatic carbocycles. The zero-order chi connectivity index (χ0) is 14.7. The van der Waals surface area contributed by atoms with Crippen molar-refractivity contribution in [1.82, 2.24) is 4.31 Å². The van der Waals surface area contributed by atoms with Gasteiger partial charge < -0.3 is 5.43 Å². The quantitative estimate of drug-likeness (QED) is 0.638. The van der Waals surface area contributed by atoms with E-state index >= 15 is 0 Å². The molecule has 0 atom stereocenters. The van der Waals surface area contributed by atoms with Crippen molar-refractivity contribution in [3.8, 4) is 0 Å². The number of sulfonamides is 1. The molecule has 108 valence electrons. The second kappa shape index (κ2) is 5.76. The third-order valence-corrected chi connectivity index (χ3v) is 4.35. The monoisotopic (exact) mass is 297 g/mol. The van der Waals surface area contributed by atoms with Crippen molar-refractivity contribution in [1.29, 1.82) is 0 Å². The van der Waals surface area contributed by atoms with Crippen LogP contribution in [0.1, 0.15) is 6.92 Å². The first-order valence-electron chi connectivity index (χ1n) is 5.35. The molecule has 5 nitrogen and oxygen atoms in total. The minimum Gasteiger partial charge on any atom is -0.323 e. The fraction of sp³-hybridized carbons (Fsp3) is 0.400. The lowest BCUT2D eigenvalue weighted by Crippen LogP contribution is -2.39. The third kappa shape index (κ3) is 3.82. The summed E-state index contributed by atoms with van der Waals surface area (Å²) in [4.78, 5) is -0.288. The summed E-state index contributed by atoms with van der Waals surface area (Å²) in [6.07, 6.45) is -4.60. The summed E-state index contributed by atoms with van der Waals surface area (Å²) in [7, 11) is -4.26. The Balaban J connectivity index is 3.21.